The van der Waals surface area contributed by atoms with Crippen LogP contribution in [0.5, 0.6) is 0 Å². The van der Waals surface area contributed by atoms with Gasteiger partial charge in [0.1, 0.15) is 0 Å². The molecule has 0 aromatic rings. The number of hydrogen-bond donors (Lipinski definition) is 2. The van der Waals surface area contributed by atoms with Crippen molar-refractivity contribution in [3.8, 4) is 0 Å². The van der Waals surface area contributed by atoms with Gasteiger partial charge in [0.25, 0.3) is 6.29 Å². The van der Waals surface area contributed by atoms with E-state index in [9.17, 15) is 19.8 Å². The van der Waals surface area contributed by atoms with Crippen LogP contribution in [0, 0.1) is 11.3 Å². The lowest BCUT2D eigenvalue weighted by Gasteiger charge is -2.51. The predicted molar refractivity (Wildman–Crippen MR) is 93.8 cm³/mol. The van der Waals surface area contributed by atoms with Crippen molar-refractivity contribution in [2.45, 2.75) is 64.8 Å². The van der Waals surface area contributed by atoms with Crippen molar-refractivity contribution in [1.29, 1.82) is 0 Å². The number of aliphatic carboxylic acids is 1. The summed E-state index contributed by atoms with van der Waals surface area (Å²) in [5, 5.41) is 21.0. The zero-order valence-corrected chi connectivity index (χ0v) is 15.4. The largest absolute Gasteiger partial charge is 0.478 e. The van der Waals surface area contributed by atoms with Crippen molar-refractivity contribution in [2.75, 3.05) is 0 Å². The number of carboxylic acids is 1. The Morgan fingerprint density at radius 1 is 1.42 bits per heavy atom. The van der Waals surface area contributed by atoms with Crippen LogP contribution in [0.3, 0.4) is 0 Å². The van der Waals surface area contributed by atoms with E-state index in [4.69, 9.17) is 9.47 Å². The van der Waals surface area contributed by atoms with Gasteiger partial charge in [0.05, 0.1) is 17.4 Å². The van der Waals surface area contributed by atoms with Gasteiger partial charge in [-0.1, -0.05) is 19.9 Å². The smallest absolute Gasteiger partial charge is 0.336 e. The van der Waals surface area contributed by atoms with Crippen LogP contribution in [0.2, 0.25) is 0 Å². The number of rotatable bonds is 4. The number of fused-ring (bicyclic) bond motifs is 1. The first-order valence-electron chi connectivity index (χ1n) is 9.04. The number of allylic oxidation sites excluding steroid dienone is 1. The van der Waals surface area contributed by atoms with Crippen molar-refractivity contribution in [3.05, 3.63) is 35.1 Å². The fourth-order valence-electron chi connectivity index (χ4n) is 4.24. The van der Waals surface area contributed by atoms with Gasteiger partial charge in [0.15, 0.2) is 0 Å². The van der Waals surface area contributed by atoms with Crippen LogP contribution in [-0.4, -0.2) is 34.0 Å². The molecule has 2 N–H and O–H groups in total. The summed E-state index contributed by atoms with van der Waals surface area (Å²) >= 11 is 0. The molecule has 2 aliphatic carbocycles. The zero-order valence-electron chi connectivity index (χ0n) is 15.4. The number of cyclic esters (lactones) is 1. The molecule has 0 bridgehead atoms. The van der Waals surface area contributed by atoms with Crippen LogP contribution >= 0.6 is 0 Å². The third kappa shape index (κ3) is 3.18. The highest BCUT2D eigenvalue weighted by Crippen LogP contribution is 2.53. The van der Waals surface area contributed by atoms with Crippen molar-refractivity contribution in [3.63, 3.8) is 0 Å². The van der Waals surface area contributed by atoms with E-state index < -0.39 is 23.8 Å². The maximum absolute atomic E-state index is 11.8. The van der Waals surface area contributed by atoms with E-state index in [2.05, 4.69) is 0 Å². The van der Waals surface area contributed by atoms with Gasteiger partial charge in [-0.25, -0.2) is 9.59 Å². The van der Waals surface area contributed by atoms with Crippen LogP contribution in [0.15, 0.2) is 35.1 Å². The molecule has 1 aliphatic heterocycles. The Morgan fingerprint density at radius 2 is 2.15 bits per heavy atom. The number of ether oxygens (including phenoxy) is 2. The third-order valence-corrected chi connectivity index (χ3v) is 6.04. The Balaban J connectivity index is 1.81. The lowest BCUT2D eigenvalue weighted by atomic mass is 9.57. The molecule has 3 unspecified atom stereocenters. The Hall–Kier alpha value is -2.08. The second kappa shape index (κ2) is 6.58. The summed E-state index contributed by atoms with van der Waals surface area (Å²) < 4.78 is 10.4. The molecule has 1 saturated carbocycles. The van der Waals surface area contributed by atoms with Crippen molar-refractivity contribution in [2.24, 2.45) is 11.3 Å². The quantitative estimate of drug-likeness (QED) is 0.345. The number of hydrogen-bond acceptors (Lipinski definition) is 5. The first kappa shape index (κ1) is 18.7. The summed E-state index contributed by atoms with van der Waals surface area (Å²) in [6.07, 6.45) is 7.46. The van der Waals surface area contributed by atoms with Gasteiger partial charge in [-0.15, -0.1) is 0 Å². The molecule has 26 heavy (non-hydrogen) atoms. The Kier molecular flexibility index (Phi) is 4.73. The molecule has 0 saturated heterocycles. The molecular weight excluding hydrogens is 336 g/mol. The highest BCUT2D eigenvalue weighted by Gasteiger charge is 2.51. The Labute approximate surface area is 153 Å². The first-order valence-corrected chi connectivity index (χ1v) is 9.04. The van der Waals surface area contributed by atoms with E-state index >= 15 is 0 Å². The summed E-state index contributed by atoms with van der Waals surface area (Å²) in [7, 11) is 0. The first-order chi connectivity index (χ1) is 12.1. The van der Waals surface area contributed by atoms with Gasteiger partial charge in [0.2, 0.25) is 0 Å². The van der Waals surface area contributed by atoms with E-state index in [1.54, 1.807) is 6.92 Å². The van der Waals surface area contributed by atoms with E-state index in [-0.39, 0.29) is 16.9 Å². The summed E-state index contributed by atoms with van der Waals surface area (Å²) in [4.78, 5) is 23.2. The molecule has 1 fully saturated rings. The lowest BCUT2D eigenvalue weighted by Crippen LogP contribution is -2.51. The highest BCUT2D eigenvalue weighted by molar-refractivity contribution is 5.90. The minimum atomic E-state index is -1.09. The average Bonchev–Trinajstić information content (AvgIpc) is 2.86. The minimum Gasteiger partial charge on any atom is -0.478 e. The molecule has 3 atom stereocenters. The molecule has 6 nitrogen and oxygen atoms in total. The molecule has 3 aliphatic rings. The van der Waals surface area contributed by atoms with E-state index in [0.29, 0.717) is 18.4 Å². The van der Waals surface area contributed by atoms with E-state index in [1.807, 2.05) is 19.9 Å². The van der Waals surface area contributed by atoms with Crippen LogP contribution in [-0.2, 0) is 19.1 Å². The van der Waals surface area contributed by atoms with Gasteiger partial charge < -0.3 is 19.7 Å². The predicted octanol–water partition coefficient (Wildman–Crippen LogP) is 3.08. The van der Waals surface area contributed by atoms with E-state index in [1.165, 1.54) is 6.08 Å². The molecule has 142 valence electrons. The molecule has 0 amide bonds. The maximum atomic E-state index is 11.8. The van der Waals surface area contributed by atoms with Crippen LogP contribution in [0.25, 0.3) is 0 Å². The lowest BCUT2D eigenvalue weighted by molar-refractivity contribution is -0.152. The standard InChI is InChI=1S/C20H26O6/c1-12-9-16(26-18(12)23)25-11-15(17(21)22)13-6-7-14-5-4-8-19(2,3)20(14,24)10-13/h7,9,11,13,16,24H,4-6,8,10H2,1-3H3,(H,21,22)/b15-11+. The second-order valence-electron chi connectivity index (χ2n) is 8.10. The summed E-state index contributed by atoms with van der Waals surface area (Å²) in [6.45, 7) is 5.69. The van der Waals surface area contributed by atoms with Crippen LogP contribution in [0.1, 0.15) is 52.9 Å². The van der Waals surface area contributed by atoms with Gasteiger partial charge in [-0.3, -0.25) is 0 Å². The molecular formula is C20H26O6. The fraction of sp³-hybridized carbons (Fsp3) is 0.600. The second-order valence-corrected chi connectivity index (χ2v) is 8.10. The summed E-state index contributed by atoms with van der Waals surface area (Å²) in [5.41, 5.74) is 0.243. The Morgan fingerprint density at radius 3 is 2.77 bits per heavy atom. The maximum Gasteiger partial charge on any atom is 0.336 e. The number of aliphatic hydroxyl groups is 1. The number of carboxylic acid groups (broad SMARTS) is 1. The van der Waals surface area contributed by atoms with Gasteiger partial charge in [-0.2, -0.15) is 0 Å². The minimum absolute atomic E-state index is 0.0871. The van der Waals surface area contributed by atoms with Gasteiger partial charge >= 0.3 is 11.9 Å². The molecule has 1 heterocycles. The topological polar surface area (TPSA) is 93.1 Å². The van der Waals surface area contributed by atoms with Crippen LogP contribution in [0.4, 0.5) is 0 Å². The van der Waals surface area contributed by atoms with Gasteiger partial charge in [-0.05, 0) is 50.0 Å². The summed E-state index contributed by atoms with van der Waals surface area (Å²) in [5.74, 6) is -1.92. The molecule has 0 aromatic heterocycles. The van der Waals surface area contributed by atoms with E-state index in [0.717, 1.165) is 31.1 Å². The van der Waals surface area contributed by atoms with Gasteiger partial charge in [0, 0.05) is 17.6 Å². The number of carbonyl (C=O) groups excluding carboxylic acids is 1. The SMILES string of the molecule is CC1=CC(O/C=C(/C(=O)O)C2CC=C3CCCC(C)(C)C3(O)C2)OC1=O. The summed E-state index contributed by atoms with van der Waals surface area (Å²) in [6, 6.07) is 0. The molecule has 3 rings (SSSR count). The highest BCUT2D eigenvalue weighted by atomic mass is 16.7. The van der Waals surface area contributed by atoms with Crippen molar-refractivity contribution < 1.29 is 29.3 Å². The van der Waals surface area contributed by atoms with Crippen molar-refractivity contribution >= 4 is 11.9 Å². The molecule has 0 radical (unpaired) electrons. The molecule has 0 spiro atoms. The number of carbonyl (C=O) groups is 2. The molecule has 0 aromatic carbocycles. The third-order valence-electron chi connectivity index (χ3n) is 6.04. The van der Waals surface area contributed by atoms with Crippen molar-refractivity contribution in [1.82, 2.24) is 0 Å². The monoisotopic (exact) mass is 362 g/mol. The molecule has 6 heteroatoms. The zero-order chi connectivity index (χ0) is 19.1. The number of esters is 1. The fourth-order valence-corrected chi connectivity index (χ4v) is 4.24. The average molecular weight is 362 g/mol. The van der Waals surface area contributed by atoms with Crippen LogP contribution < -0.4 is 0 Å². The Bertz CT molecular complexity index is 714. The normalized spacial score (nSPS) is 33.7.